The van der Waals surface area contributed by atoms with Crippen molar-refractivity contribution in [3.63, 3.8) is 0 Å². The summed E-state index contributed by atoms with van der Waals surface area (Å²) < 4.78 is 2.21. The average Bonchev–Trinajstić information content (AvgIpc) is 2.76. The van der Waals surface area contributed by atoms with E-state index in [4.69, 9.17) is 5.73 Å². The minimum atomic E-state index is 0.543. The van der Waals surface area contributed by atoms with Gasteiger partial charge in [-0.05, 0) is 38.0 Å². The van der Waals surface area contributed by atoms with Crippen molar-refractivity contribution in [2.24, 2.45) is 22.6 Å². The van der Waals surface area contributed by atoms with Gasteiger partial charge < -0.3 is 15.6 Å². The summed E-state index contributed by atoms with van der Waals surface area (Å²) in [6.45, 7) is 4.75. The monoisotopic (exact) mass is 276 g/mol. The number of rotatable bonds is 4. The van der Waals surface area contributed by atoms with Gasteiger partial charge in [-0.15, -0.1) is 10.2 Å². The molecule has 1 fully saturated rings. The van der Waals surface area contributed by atoms with Crippen LogP contribution in [0.25, 0.3) is 0 Å². The van der Waals surface area contributed by atoms with E-state index in [1.165, 1.54) is 19.3 Å². The number of guanidine groups is 1. The Kier molecular flexibility index (Phi) is 3.89. The van der Waals surface area contributed by atoms with Crippen LogP contribution < -0.4 is 11.1 Å². The van der Waals surface area contributed by atoms with Gasteiger partial charge in [-0.3, -0.25) is 4.99 Å². The van der Waals surface area contributed by atoms with Gasteiger partial charge in [0.25, 0.3) is 0 Å². The van der Waals surface area contributed by atoms with E-state index >= 15 is 0 Å². The van der Waals surface area contributed by atoms with Crippen molar-refractivity contribution in [1.82, 2.24) is 20.1 Å². The molecule has 0 saturated heterocycles. The first-order valence-corrected chi connectivity index (χ1v) is 7.65. The van der Waals surface area contributed by atoms with Crippen molar-refractivity contribution >= 4 is 5.96 Å². The van der Waals surface area contributed by atoms with E-state index in [0.717, 1.165) is 50.0 Å². The van der Waals surface area contributed by atoms with E-state index in [9.17, 15) is 0 Å². The van der Waals surface area contributed by atoms with Crippen LogP contribution in [-0.4, -0.2) is 33.8 Å². The van der Waals surface area contributed by atoms with Gasteiger partial charge in [0, 0.05) is 26.1 Å². The van der Waals surface area contributed by atoms with Crippen molar-refractivity contribution in [1.29, 1.82) is 0 Å². The smallest absolute Gasteiger partial charge is 0.188 e. The molecule has 110 valence electrons. The quantitative estimate of drug-likeness (QED) is 0.631. The van der Waals surface area contributed by atoms with E-state index in [1.54, 1.807) is 0 Å². The zero-order valence-electron chi connectivity index (χ0n) is 12.2. The molecule has 0 radical (unpaired) electrons. The number of aromatic nitrogens is 3. The molecule has 0 aromatic carbocycles. The molecule has 3 rings (SSSR count). The first-order valence-electron chi connectivity index (χ1n) is 7.65. The summed E-state index contributed by atoms with van der Waals surface area (Å²) in [5.74, 6) is 4.06. The highest BCUT2D eigenvalue weighted by atomic mass is 15.3. The fraction of sp³-hybridized carbons (Fsp3) is 0.786. The summed E-state index contributed by atoms with van der Waals surface area (Å²) in [4.78, 5) is 4.49. The third-order valence-corrected chi connectivity index (χ3v) is 4.55. The second kappa shape index (κ2) is 5.81. The molecule has 2 heterocycles. The molecule has 6 heteroatoms. The maximum atomic E-state index is 5.93. The Balaban J connectivity index is 1.47. The molecule has 0 spiro atoms. The van der Waals surface area contributed by atoms with Crippen LogP contribution in [0.3, 0.4) is 0 Å². The van der Waals surface area contributed by atoms with Crippen molar-refractivity contribution in [3.8, 4) is 0 Å². The lowest BCUT2D eigenvalue weighted by molar-refractivity contribution is 0.315. The van der Waals surface area contributed by atoms with E-state index in [2.05, 4.69) is 25.1 Å². The molecule has 3 N–H and O–H groups in total. The molecule has 1 aromatic rings. The molecule has 0 amide bonds. The number of fused-ring (bicyclic) bond motifs is 1. The summed E-state index contributed by atoms with van der Waals surface area (Å²) in [6.07, 6.45) is 6.15. The third-order valence-electron chi connectivity index (χ3n) is 4.55. The van der Waals surface area contributed by atoms with Crippen molar-refractivity contribution in [3.05, 3.63) is 11.6 Å². The predicted octanol–water partition coefficient (Wildman–Crippen LogP) is 0.853. The second-order valence-corrected chi connectivity index (χ2v) is 6.08. The third kappa shape index (κ3) is 2.94. The number of hydrogen-bond donors (Lipinski definition) is 2. The predicted molar refractivity (Wildman–Crippen MR) is 78.4 cm³/mol. The minimum absolute atomic E-state index is 0.543. The number of nitrogens with one attached hydrogen (secondary N) is 1. The lowest BCUT2D eigenvalue weighted by Gasteiger charge is -2.26. The van der Waals surface area contributed by atoms with Gasteiger partial charge in [-0.25, -0.2) is 0 Å². The molecular weight excluding hydrogens is 252 g/mol. The van der Waals surface area contributed by atoms with Crippen LogP contribution in [0, 0.1) is 18.8 Å². The fourth-order valence-corrected chi connectivity index (χ4v) is 2.91. The van der Waals surface area contributed by atoms with E-state index in [1.807, 2.05) is 6.92 Å². The van der Waals surface area contributed by atoms with Gasteiger partial charge in [0.15, 0.2) is 5.96 Å². The molecule has 1 aromatic heterocycles. The van der Waals surface area contributed by atoms with E-state index in [0.29, 0.717) is 11.9 Å². The number of hydrogen-bond acceptors (Lipinski definition) is 3. The highest BCUT2D eigenvalue weighted by molar-refractivity contribution is 5.77. The zero-order chi connectivity index (χ0) is 13.9. The lowest BCUT2D eigenvalue weighted by Crippen LogP contribution is -2.37. The van der Waals surface area contributed by atoms with Gasteiger partial charge in [0.2, 0.25) is 0 Å². The standard InChI is InChI=1S/C14H24N6/c1-10-18-19-13-6-5-12(9-20(10)13)8-17-14(15)16-7-11-3-2-4-11/h11-12H,2-9H2,1H3,(H3,15,16,17). The summed E-state index contributed by atoms with van der Waals surface area (Å²) in [5.41, 5.74) is 5.93. The summed E-state index contributed by atoms with van der Waals surface area (Å²) >= 11 is 0. The molecule has 1 unspecified atom stereocenters. The second-order valence-electron chi connectivity index (χ2n) is 6.08. The number of aliphatic imine (C=N–C) groups is 1. The van der Waals surface area contributed by atoms with Crippen LogP contribution in [0.4, 0.5) is 0 Å². The maximum Gasteiger partial charge on any atom is 0.188 e. The minimum Gasteiger partial charge on any atom is -0.370 e. The van der Waals surface area contributed by atoms with Gasteiger partial charge in [0.1, 0.15) is 11.6 Å². The summed E-state index contributed by atoms with van der Waals surface area (Å²) in [6, 6.07) is 0. The lowest BCUT2D eigenvalue weighted by atomic mass is 9.85. The molecule has 0 bridgehead atoms. The molecule has 20 heavy (non-hydrogen) atoms. The largest absolute Gasteiger partial charge is 0.370 e. The Bertz CT molecular complexity index is 488. The Morgan fingerprint density at radius 3 is 2.95 bits per heavy atom. The van der Waals surface area contributed by atoms with Crippen LogP contribution in [0.5, 0.6) is 0 Å². The first kappa shape index (κ1) is 13.4. The van der Waals surface area contributed by atoms with Gasteiger partial charge in [-0.2, -0.15) is 0 Å². The van der Waals surface area contributed by atoms with Crippen LogP contribution in [0.2, 0.25) is 0 Å². The molecular formula is C14H24N6. The zero-order valence-corrected chi connectivity index (χ0v) is 12.2. The summed E-state index contributed by atoms with van der Waals surface area (Å²) in [5, 5.41) is 11.6. The average molecular weight is 276 g/mol. The van der Waals surface area contributed by atoms with Gasteiger partial charge in [0.05, 0.1) is 0 Å². The van der Waals surface area contributed by atoms with Crippen molar-refractivity contribution < 1.29 is 0 Å². The van der Waals surface area contributed by atoms with Crippen LogP contribution in [0.15, 0.2) is 4.99 Å². The number of nitrogens with zero attached hydrogens (tertiary/aromatic N) is 4. The fourth-order valence-electron chi connectivity index (χ4n) is 2.91. The summed E-state index contributed by atoms with van der Waals surface area (Å²) in [7, 11) is 0. The highest BCUT2D eigenvalue weighted by Crippen LogP contribution is 2.25. The highest BCUT2D eigenvalue weighted by Gasteiger charge is 2.21. The normalized spacial score (nSPS) is 23.2. The van der Waals surface area contributed by atoms with Crippen LogP contribution in [-0.2, 0) is 13.0 Å². The SMILES string of the molecule is Cc1nnc2n1CC(CN=C(N)NCC1CCC1)CC2. The Hall–Kier alpha value is -1.59. The Morgan fingerprint density at radius 2 is 2.20 bits per heavy atom. The molecule has 1 aliphatic carbocycles. The molecule has 1 saturated carbocycles. The van der Waals surface area contributed by atoms with Crippen LogP contribution in [0.1, 0.15) is 37.3 Å². The van der Waals surface area contributed by atoms with Gasteiger partial charge >= 0.3 is 0 Å². The number of nitrogens with two attached hydrogens (primary N) is 1. The Morgan fingerprint density at radius 1 is 1.35 bits per heavy atom. The van der Waals surface area contributed by atoms with Crippen molar-refractivity contribution in [2.75, 3.05) is 13.1 Å². The Labute approximate surface area is 119 Å². The van der Waals surface area contributed by atoms with E-state index < -0.39 is 0 Å². The first-order chi connectivity index (χ1) is 9.72. The van der Waals surface area contributed by atoms with Crippen LogP contribution >= 0.6 is 0 Å². The molecule has 6 nitrogen and oxygen atoms in total. The maximum absolute atomic E-state index is 5.93. The molecule has 1 aliphatic heterocycles. The molecule has 1 atom stereocenters. The number of aryl methyl sites for hydroxylation is 2. The molecule has 2 aliphatic rings. The van der Waals surface area contributed by atoms with Crippen molar-refractivity contribution in [2.45, 2.75) is 45.6 Å². The topological polar surface area (TPSA) is 81.1 Å². The van der Waals surface area contributed by atoms with E-state index in [-0.39, 0.29) is 0 Å². The van der Waals surface area contributed by atoms with Gasteiger partial charge in [-0.1, -0.05) is 6.42 Å².